The lowest BCUT2D eigenvalue weighted by molar-refractivity contribution is 0.615. The second-order valence-electron chi connectivity index (χ2n) is 3.35. The first-order valence-corrected chi connectivity index (χ1v) is 4.24. The van der Waals surface area contributed by atoms with E-state index in [2.05, 4.69) is 13.2 Å². The molecule has 0 heterocycles. The quantitative estimate of drug-likeness (QED) is 0.643. The Hall–Kier alpha value is -1.44. The second-order valence-corrected chi connectivity index (χ2v) is 3.35. The minimum Gasteiger partial charge on any atom is -0.207 e. The van der Waals surface area contributed by atoms with Crippen molar-refractivity contribution in [3.8, 4) is 0 Å². The number of allylic oxidation sites excluding steroid dienone is 1. The van der Waals surface area contributed by atoms with Gasteiger partial charge in [-0.3, -0.25) is 0 Å². The summed E-state index contributed by atoms with van der Waals surface area (Å²) in [6.07, 6.45) is 0. The highest BCUT2D eigenvalue weighted by atomic mass is 19.1. The highest BCUT2D eigenvalue weighted by Gasteiger charge is 2.02. The molecule has 74 valence electrons. The molecule has 0 amide bonds. The molecule has 0 bridgehead atoms. The lowest BCUT2D eigenvalue weighted by atomic mass is 10.1. The normalized spacial score (nSPS) is 12.6. The first-order chi connectivity index (χ1) is 6.43. The minimum atomic E-state index is -0.506. The maximum Gasteiger partial charge on any atom is 0.133 e. The van der Waals surface area contributed by atoms with Gasteiger partial charge in [0.1, 0.15) is 11.6 Å². The van der Waals surface area contributed by atoms with Gasteiger partial charge in [-0.25, -0.2) is 8.78 Å². The second kappa shape index (κ2) is 3.74. The third-order valence-corrected chi connectivity index (χ3v) is 2.00. The Bertz CT molecular complexity index is 484. The first-order valence-electron chi connectivity index (χ1n) is 4.24. The van der Waals surface area contributed by atoms with Crippen LogP contribution in [0.15, 0.2) is 24.3 Å². The number of aryl methyl sites for hydroxylation is 1. The lowest BCUT2D eigenvalue weighted by Crippen LogP contribution is -2.26. The van der Waals surface area contributed by atoms with Gasteiger partial charge >= 0.3 is 0 Å². The molecular weight excluding hydrogens is 182 g/mol. The highest BCUT2D eigenvalue weighted by molar-refractivity contribution is 5.54. The molecule has 1 rings (SSSR count). The molecule has 0 saturated carbocycles. The Labute approximate surface area is 81.9 Å². The molecule has 0 radical (unpaired) electrons. The number of hydrogen-bond donors (Lipinski definition) is 0. The van der Waals surface area contributed by atoms with E-state index >= 15 is 0 Å². The van der Waals surface area contributed by atoms with Crippen molar-refractivity contribution in [2.75, 3.05) is 0 Å². The average Bonchev–Trinajstić information content (AvgIpc) is 2.10. The molecule has 0 nitrogen and oxygen atoms in total. The van der Waals surface area contributed by atoms with Gasteiger partial charge in [0.15, 0.2) is 0 Å². The fourth-order valence-corrected chi connectivity index (χ4v) is 1.18. The van der Waals surface area contributed by atoms with Crippen molar-refractivity contribution in [2.24, 2.45) is 0 Å². The van der Waals surface area contributed by atoms with Crippen LogP contribution in [0.5, 0.6) is 0 Å². The third-order valence-electron chi connectivity index (χ3n) is 2.00. The fraction of sp³-hybridized carbons (Fsp3) is 0.167. The van der Waals surface area contributed by atoms with Crippen molar-refractivity contribution in [3.63, 3.8) is 0 Å². The van der Waals surface area contributed by atoms with E-state index in [1.54, 1.807) is 6.92 Å². The topological polar surface area (TPSA) is 0 Å². The van der Waals surface area contributed by atoms with Crippen LogP contribution < -0.4 is 10.4 Å². The largest absolute Gasteiger partial charge is 0.207 e. The number of halogens is 2. The number of benzene rings is 1. The molecule has 1 aromatic rings. The van der Waals surface area contributed by atoms with E-state index < -0.39 is 11.6 Å². The average molecular weight is 194 g/mol. The van der Waals surface area contributed by atoms with E-state index in [9.17, 15) is 8.78 Å². The monoisotopic (exact) mass is 194 g/mol. The zero-order valence-corrected chi connectivity index (χ0v) is 8.32. The van der Waals surface area contributed by atoms with Crippen LogP contribution in [0.2, 0.25) is 0 Å². The van der Waals surface area contributed by atoms with Crippen molar-refractivity contribution < 1.29 is 8.78 Å². The SMILES string of the molecule is C=C(C)/C(F)=c1/cc(F)c(C)cc1=C. The van der Waals surface area contributed by atoms with E-state index in [1.807, 2.05) is 0 Å². The number of rotatable bonds is 1. The maximum absolute atomic E-state index is 13.4. The van der Waals surface area contributed by atoms with Crippen molar-refractivity contribution in [2.45, 2.75) is 13.8 Å². The summed E-state index contributed by atoms with van der Waals surface area (Å²) in [6.45, 7) is 10.3. The molecule has 0 spiro atoms. The third kappa shape index (κ3) is 1.90. The predicted octanol–water partition coefficient (Wildman–Crippen LogP) is 2.20. The number of hydrogen-bond acceptors (Lipinski definition) is 0. The molecule has 0 aromatic heterocycles. The van der Waals surface area contributed by atoms with Gasteiger partial charge in [-0.2, -0.15) is 0 Å². The predicted molar refractivity (Wildman–Crippen MR) is 55.2 cm³/mol. The summed E-state index contributed by atoms with van der Waals surface area (Å²) >= 11 is 0. The molecule has 0 unspecified atom stereocenters. The smallest absolute Gasteiger partial charge is 0.133 e. The Morgan fingerprint density at radius 3 is 2.43 bits per heavy atom. The molecule has 0 fully saturated rings. The Balaban J connectivity index is 3.68. The van der Waals surface area contributed by atoms with Crippen LogP contribution in [0.3, 0.4) is 0 Å². The lowest BCUT2D eigenvalue weighted by Gasteiger charge is -1.99. The highest BCUT2D eigenvalue weighted by Crippen LogP contribution is 2.06. The Morgan fingerprint density at radius 1 is 1.36 bits per heavy atom. The minimum absolute atomic E-state index is 0.181. The summed E-state index contributed by atoms with van der Waals surface area (Å²) in [6, 6.07) is 2.68. The van der Waals surface area contributed by atoms with Gasteiger partial charge in [0.05, 0.1) is 0 Å². The van der Waals surface area contributed by atoms with Gasteiger partial charge in [0.2, 0.25) is 0 Å². The summed E-state index contributed by atoms with van der Waals surface area (Å²) in [5.74, 6) is -0.933. The molecule has 2 heteroatoms. The van der Waals surface area contributed by atoms with E-state index in [0.717, 1.165) is 6.07 Å². The van der Waals surface area contributed by atoms with E-state index in [0.29, 0.717) is 10.8 Å². The van der Waals surface area contributed by atoms with Crippen LogP contribution in [-0.2, 0) is 0 Å². The van der Waals surface area contributed by atoms with E-state index in [4.69, 9.17) is 0 Å². The van der Waals surface area contributed by atoms with Gasteiger partial charge in [-0.1, -0.05) is 13.2 Å². The van der Waals surface area contributed by atoms with Crippen LogP contribution in [0.25, 0.3) is 12.4 Å². The van der Waals surface area contributed by atoms with Crippen LogP contribution in [0.1, 0.15) is 12.5 Å². The Kier molecular flexibility index (Phi) is 2.84. The summed E-state index contributed by atoms with van der Waals surface area (Å²) in [5, 5.41) is 0.657. The van der Waals surface area contributed by atoms with Crippen molar-refractivity contribution in [1.82, 2.24) is 0 Å². The summed E-state index contributed by atoms with van der Waals surface area (Å²) in [4.78, 5) is 0. The molecule has 0 aliphatic rings. The Morgan fingerprint density at radius 2 is 1.93 bits per heavy atom. The van der Waals surface area contributed by atoms with Crippen molar-refractivity contribution in [1.29, 1.82) is 0 Å². The molecule has 0 N–H and O–H groups in total. The molecule has 0 atom stereocenters. The molecule has 0 saturated heterocycles. The van der Waals surface area contributed by atoms with E-state index in [1.165, 1.54) is 13.0 Å². The fourth-order valence-electron chi connectivity index (χ4n) is 1.18. The van der Waals surface area contributed by atoms with Gasteiger partial charge in [0.25, 0.3) is 0 Å². The summed E-state index contributed by atoms with van der Waals surface area (Å²) < 4.78 is 26.6. The first kappa shape index (κ1) is 10.6. The maximum atomic E-state index is 13.4. The summed E-state index contributed by atoms with van der Waals surface area (Å²) in [5.41, 5.74) is 0.742. The van der Waals surface area contributed by atoms with Gasteiger partial charge in [0, 0.05) is 5.22 Å². The van der Waals surface area contributed by atoms with Crippen LogP contribution >= 0.6 is 0 Å². The zero-order chi connectivity index (χ0) is 10.9. The molecule has 14 heavy (non-hydrogen) atoms. The van der Waals surface area contributed by atoms with Gasteiger partial charge in [-0.15, -0.1) is 0 Å². The van der Waals surface area contributed by atoms with Crippen molar-refractivity contribution in [3.05, 3.63) is 46.1 Å². The molecule has 0 aliphatic carbocycles. The van der Waals surface area contributed by atoms with Crippen molar-refractivity contribution >= 4 is 12.4 Å². The van der Waals surface area contributed by atoms with Crippen LogP contribution in [0, 0.1) is 12.7 Å². The molecule has 1 aromatic carbocycles. The standard InChI is InChI=1S/C12H12F2/c1-7(2)12(14)10-6-11(13)9(4)5-8(10)3/h5-6H,1,3H2,2,4H3/b12-10+. The van der Waals surface area contributed by atoms with Crippen LogP contribution in [0.4, 0.5) is 8.78 Å². The van der Waals surface area contributed by atoms with Gasteiger partial charge < -0.3 is 0 Å². The van der Waals surface area contributed by atoms with Crippen LogP contribution in [-0.4, -0.2) is 0 Å². The molecule has 0 aliphatic heterocycles. The summed E-state index contributed by atoms with van der Waals surface area (Å²) in [7, 11) is 0. The van der Waals surface area contributed by atoms with Gasteiger partial charge in [-0.05, 0) is 42.3 Å². The van der Waals surface area contributed by atoms with E-state index in [-0.39, 0.29) is 10.8 Å². The molecular formula is C12H12F2. The zero-order valence-electron chi connectivity index (χ0n) is 8.32.